The number of carbonyl (C=O) groups excluding carboxylic acids is 5. The highest BCUT2D eigenvalue weighted by Gasteiger charge is 2.33. The van der Waals surface area contributed by atoms with E-state index in [2.05, 4.69) is 20.8 Å². The van der Waals surface area contributed by atoms with Gasteiger partial charge >= 0.3 is 6.16 Å². The molecule has 1 aromatic rings. The Balaban J connectivity index is 1.47. The summed E-state index contributed by atoms with van der Waals surface area (Å²) in [5, 5.41) is 8.63. The van der Waals surface area contributed by atoms with E-state index in [0.29, 0.717) is 31.1 Å². The second-order valence-electron chi connectivity index (χ2n) is 7.34. The average molecular weight is 479 g/mol. The molecule has 0 bridgehead atoms. The first-order valence-corrected chi connectivity index (χ1v) is 10.9. The van der Waals surface area contributed by atoms with Crippen LogP contribution in [-0.2, 0) is 39.9 Å². The molecule has 1 unspecified atom stereocenters. The molecule has 1 aromatic carbocycles. The van der Waals surface area contributed by atoms with Gasteiger partial charge in [0, 0.05) is 26.0 Å². The summed E-state index contributed by atoms with van der Waals surface area (Å²) >= 11 is 0. The van der Waals surface area contributed by atoms with Gasteiger partial charge < -0.3 is 25.4 Å². The molecule has 3 N–H and O–H groups in total. The maximum absolute atomic E-state index is 12.3. The number of hydrogen-bond acceptors (Lipinski definition) is 9. The van der Waals surface area contributed by atoms with E-state index >= 15 is 0 Å². The van der Waals surface area contributed by atoms with Crippen LogP contribution in [0.1, 0.15) is 24.8 Å². The number of nitrogens with zero attached hydrogens (tertiary/aromatic N) is 1. The monoisotopic (exact) mass is 478 g/mol. The summed E-state index contributed by atoms with van der Waals surface area (Å²) in [5.41, 5.74) is 1.01. The van der Waals surface area contributed by atoms with Crippen LogP contribution in [0.4, 0.5) is 4.79 Å². The van der Waals surface area contributed by atoms with E-state index in [0.717, 1.165) is 5.56 Å². The molecule has 12 nitrogen and oxygen atoms in total. The Morgan fingerprint density at radius 3 is 2.38 bits per heavy atom. The second-order valence-corrected chi connectivity index (χ2v) is 7.34. The highest BCUT2D eigenvalue weighted by molar-refractivity contribution is 6.01. The molecule has 1 heterocycles. The average Bonchev–Trinajstić information content (AvgIpc) is 3.15. The Hall–Kier alpha value is -3.51. The van der Waals surface area contributed by atoms with E-state index < -0.39 is 24.0 Å². The minimum atomic E-state index is -1.16. The minimum Gasteiger partial charge on any atom is -0.430 e. The summed E-state index contributed by atoms with van der Waals surface area (Å²) in [6, 6.07) is 9.13. The smallest absolute Gasteiger partial charge is 0.430 e. The molecule has 0 radical (unpaired) electrons. The summed E-state index contributed by atoms with van der Waals surface area (Å²) < 4.78 is 9.99. The van der Waals surface area contributed by atoms with Gasteiger partial charge in [0.15, 0.2) is 0 Å². The lowest BCUT2D eigenvalue weighted by Crippen LogP contribution is -2.47. The van der Waals surface area contributed by atoms with Gasteiger partial charge in [0.1, 0.15) is 6.61 Å². The van der Waals surface area contributed by atoms with Crippen LogP contribution in [0.5, 0.6) is 0 Å². The van der Waals surface area contributed by atoms with Crippen molar-refractivity contribution in [3.8, 4) is 0 Å². The number of ether oxygens (including phenoxy) is 2. The minimum absolute atomic E-state index is 0.00284. The lowest BCUT2D eigenvalue weighted by molar-refractivity contribution is -0.177. The van der Waals surface area contributed by atoms with Crippen LogP contribution < -0.4 is 16.0 Å². The number of imide groups is 1. The molecule has 1 aliphatic rings. The largest absolute Gasteiger partial charge is 0.534 e. The molecule has 0 aliphatic carbocycles. The van der Waals surface area contributed by atoms with Gasteiger partial charge in [0.05, 0.1) is 19.2 Å². The zero-order valence-corrected chi connectivity index (χ0v) is 19.0. The molecule has 12 heteroatoms. The predicted octanol–water partition coefficient (Wildman–Crippen LogP) is -0.327. The number of amides is 4. The number of nitrogens with one attached hydrogen (secondary N) is 3. The molecule has 2 rings (SSSR count). The zero-order chi connectivity index (χ0) is 24.8. The van der Waals surface area contributed by atoms with Gasteiger partial charge in [-0.1, -0.05) is 35.4 Å². The lowest BCUT2D eigenvalue weighted by Gasteiger charge is -2.16. The molecule has 0 spiro atoms. The van der Waals surface area contributed by atoms with Crippen molar-refractivity contribution in [1.82, 2.24) is 21.0 Å². The molecule has 0 saturated carbocycles. The molecular formula is C22H30N4O8. The van der Waals surface area contributed by atoms with Gasteiger partial charge in [-0.25, -0.2) is 4.79 Å². The van der Waals surface area contributed by atoms with Crippen LogP contribution in [0.25, 0.3) is 0 Å². The van der Waals surface area contributed by atoms with Crippen molar-refractivity contribution in [2.24, 2.45) is 0 Å². The van der Waals surface area contributed by atoms with Gasteiger partial charge in [-0.05, 0) is 25.5 Å². The number of hydroxylamine groups is 2. The molecule has 1 aliphatic heterocycles. The first-order valence-electron chi connectivity index (χ1n) is 10.9. The predicted molar refractivity (Wildman–Crippen MR) is 118 cm³/mol. The number of hydrogen-bond donors (Lipinski definition) is 3. The maximum Gasteiger partial charge on any atom is 0.534 e. The SMILES string of the molecule is CNC(Cc1ccccc1)C(=O)NCC(=O)NCCCOCCOC(=O)ON1C(=O)CCC1=O. The highest BCUT2D eigenvalue weighted by Crippen LogP contribution is 2.12. The van der Waals surface area contributed by atoms with Crippen molar-refractivity contribution in [1.29, 1.82) is 0 Å². The van der Waals surface area contributed by atoms with Gasteiger partial charge in [-0.2, -0.15) is 0 Å². The quantitative estimate of drug-likeness (QED) is 0.185. The van der Waals surface area contributed by atoms with Crippen molar-refractivity contribution in [3.63, 3.8) is 0 Å². The van der Waals surface area contributed by atoms with E-state index in [1.165, 1.54) is 0 Å². The summed E-state index contributed by atoms with van der Waals surface area (Å²) in [4.78, 5) is 62.8. The third-order valence-corrected chi connectivity index (χ3v) is 4.78. The van der Waals surface area contributed by atoms with Crippen molar-refractivity contribution < 1.29 is 38.3 Å². The normalized spacial score (nSPS) is 14.0. The Morgan fingerprint density at radius 2 is 1.71 bits per heavy atom. The van der Waals surface area contributed by atoms with E-state index in [1.807, 2.05) is 30.3 Å². The van der Waals surface area contributed by atoms with Crippen LogP contribution >= 0.6 is 0 Å². The molecule has 0 aromatic heterocycles. The number of benzene rings is 1. The molecule has 34 heavy (non-hydrogen) atoms. The van der Waals surface area contributed by atoms with Gasteiger partial charge in [-0.15, -0.1) is 0 Å². The number of likely N-dealkylation sites (N-methyl/N-ethyl adjacent to an activating group) is 1. The van der Waals surface area contributed by atoms with Crippen LogP contribution in [-0.4, -0.2) is 80.8 Å². The fourth-order valence-electron chi connectivity index (χ4n) is 2.98. The molecule has 1 atom stereocenters. The van der Waals surface area contributed by atoms with Crippen LogP contribution in [0, 0.1) is 0 Å². The van der Waals surface area contributed by atoms with Crippen molar-refractivity contribution in [2.75, 3.05) is 40.0 Å². The Bertz CT molecular complexity index is 833. The molecule has 4 amide bonds. The second kappa shape index (κ2) is 14.6. The van der Waals surface area contributed by atoms with E-state index in [9.17, 15) is 24.0 Å². The summed E-state index contributed by atoms with van der Waals surface area (Å²) in [5.74, 6) is -1.76. The summed E-state index contributed by atoms with van der Waals surface area (Å²) in [6.07, 6.45) is -0.136. The fourth-order valence-corrected chi connectivity index (χ4v) is 2.98. The van der Waals surface area contributed by atoms with Gasteiger partial charge in [0.25, 0.3) is 11.8 Å². The van der Waals surface area contributed by atoms with E-state index in [4.69, 9.17) is 9.47 Å². The van der Waals surface area contributed by atoms with Gasteiger partial charge in [-0.3, -0.25) is 24.0 Å². The topological polar surface area (TPSA) is 152 Å². The Kier molecular flexibility index (Phi) is 11.5. The highest BCUT2D eigenvalue weighted by atomic mass is 16.8. The van der Waals surface area contributed by atoms with E-state index in [1.54, 1.807) is 7.05 Å². The third kappa shape index (κ3) is 9.55. The van der Waals surface area contributed by atoms with E-state index in [-0.39, 0.29) is 44.4 Å². The zero-order valence-electron chi connectivity index (χ0n) is 19.0. The van der Waals surface area contributed by atoms with Crippen molar-refractivity contribution in [2.45, 2.75) is 31.7 Å². The molecular weight excluding hydrogens is 448 g/mol. The van der Waals surface area contributed by atoms with Crippen molar-refractivity contribution in [3.05, 3.63) is 35.9 Å². The van der Waals surface area contributed by atoms with Crippen LogP contribution in [0.15, 0.2) is 30.3 Å². The standard InChI is InChI=1S/C22H30N4O8/c1-23-17(14-16-6-3-2-4-7-16)21(30)25-15-18(27)24-10-5-11-32-12-13-33-22(31)34-26-19(28)8-9-20(26)29/h2-4,6-7,17,23H,5,8-15H2,1H3,(H,24,27)(H,25,30). The van der Waals surface area contributed by atoms with Crippen LogP contribution in [0.3, 0.4) is 0 Å². The molecule has 186 valence electrons. The fraction of sp³-hybridized carbons (Fsp3) is 0.500. The third-order valence-electron chi connectivity index (χ3n) is 4.78. The van der Waals surface area contributed by atoms with Gasteiger partial charge in [0.2, 0.25) is 11.8 Å². The Morgan fingerprint density at radius 1 is 1.00 bits per heavy atom. The maximum atomic E-state index is 12.3. The molecule has 1 fully saturated rings. The lowest BCUT2D eigenvalue weighted by atomic mass is 10.1. The first kappa shape index (κ1) is 26.7. The first-order chi connectivity index (χ1) is 16.4. The molecule has 1 saturated heterocycles. The number of rotatable bonds is 14. The van der Waals surface area contributed by atoms with Crippen molar-refractivity contribution >= 4 is 29.8 Å². The van der Waals surface area contributed by atoms with Crippen LogP contribution in [0.2, 0.25) is 0 Å². The number of carbonyl (C=O) groups is 5. The summed E-state index contributed by atoms with van der Waals surface area (Å²) in [6.45, 7) is 0.463. The summed E-state index contributed by atoms with van der Waals surface area (Å²) in [7, 11) is 1.69. The Labute approximate surface area is 197 Å².